The van der Waals surface area contributed by atoms with E-state index in [-0.39, 0.29) is 11.8 Å². The molecule has 2 amide bonds. The summed E-state index contributed by atoms with van der Waals surface area (Å²) in [5.41, 5.74) is -1.43. The standard InChI is InChI=1S/C15H28N2O2/c1-6-9-10-11-17-13(19)14(4,7-2)16-12(18)15(17,5)8-3/h6-11H2,1-5H3,(H,16,18). The number of piperazine rings is 1. The van der Waals surface area contributed by atoms with Crippen LogP contribution < -0.4 is 5.32 Å². The van der Waals surface area contributed by atoms with Crippen molar-refractivity contribution in [2.24, 2.45) is 0 Å². The Morgan fingerprint density at radius 2 is 1.68 bits per heavy atom. The number of carbonyl (C=O) groups excluding carboxylic acids is 2. The normalized spacial score (nSPS) is 31.5. The fourth-order valence-corrected chi connectivity index (χ4v) is 2.54. The lowest BCUT2D eigenvalue weighted by atomic mass is 9.84. The van der Waals surface area contributed by atoms with Gasteiger partial charge in [-0.2, -0.15) is 0 Å². The molecule has 1 rings (SSSR count). The fraction of sp³-hybridized carbons (Fsp3) is 0.867. The molecule has 1 aliphatic rings. The molecule has 0 radical (unpaired) electrons. The highest BCUT2D eigenvalue weighted by Crippen LogP contribution is 2.30. The molecule has 19 heavy (non-hydrogen) atoms. The molecule has 1 aliphatic heterocycles. The molecule has 2 atom stereocenters. The predicted octanol–water partition coefficient (Wildman–Crippen LogP) is 2.47. The maximum absolute atomic E-state index is 12.7. The van der Waals surface area contributed by atoms with Crippen molar-refractivity contribution in [2.75, 3.05) is 6.54 Å². The molecular formula is C15H28N2O2. The van der Waals surface area contributed by atoms with Crippen LogP contribution in [-0.4, -0.2) is 34.3 Å². The molecule has 4 heteroatoms. The second-order valence-electron chi connectivity index (χ2n) is 5.93. The van der Waals surface area contributed by atoms with Crippen molar-refractivity contribution in [3.05, 3.63) is 0 Å². The van der Waals surface area contributed by atoms with Gasteiger partial charge in [-0.3, -0.25) is 9.59 Å². The van der Waals surface area contributed by atoms with Gasteiger partial charge >= 0.3 is 0 Å². The summed E-state index contributed by atoms with van der Waals surface area (Å²) in [6, 6.07) is 0. The topological polar surface area (TPSA) is 49.4 Å². The van der Waals surface area contributed by atoms with Crippen LogP contribution in [0.25, 0.3) is 0 Å². The number of hydrogen-bond donors (Lipinski definition) is 1. The summed E-state index contributed by atoms with van der Waals surface area (Å²) in [6.07, 6.45) is 4.44. The molecule has 0 aromatic carbocycles. The molecule has 1 heterocycles. The lowest BCUT2D eigenvalue weighted by molar-refractivity contribution is -0.162. The Kier molecular flexibility index (Phi) is 4.99. The molecule has 2 unspecified atom stereocenters. The molecule has 1 saturated heterocycles. The van der Waals surface area contributed by atoms with E-state index in [1.807, 2.05) is 32.6 Å². The maximum atomic E-state index is 12.7. The fourth-order valence-electron chi connectivity index (χ4n) is 2.54. The highest BCUT2D eigenvalue weighted by Gasteiger charge is 2.52. The van der Waals surface area contributed by atoms with Gasteiger partial charge in [0.15, 0.2) is 0 Å². The Balaban J connectivity index is 3.01. The number of carbonyl (C=O) groups is 2. The summed E-state index contributed by atoms with van der Waals surface area (Å²) >= 11 is 0. The minimum atomic E-state index is -0.738. The van der Waals surface area contributed by atoms with Gasteiger partial charge in [-0.25, -0.2) is 0 Å². The number of nitrogens with one attached hydrogen (secondary N) is 1. The van der Waals surface area contributed by atoms with Crippen molar-refractivity contribution in [1.29, 1.82) is 0 Å². The molecule has 0 spiro atoms. The van der Waals surface area contributed by atoms with E-state index in [9.17, 15) is 9.59 Å². The Morgan fingerprint density at radius 1 is 1.05 bits per heavy atom. The van der Waals surface area contributed by atoms with Gasteiger partial charge in [-0.1, -0.05) is 33.6 Å². The summed E-state index contributed by atoms with van der Waals surface area (Å²) in [4.78, 5) is 26.9. The van der Waals surface area contributed by atoms with Gasteiger partial charge in [0.2, 0.25) is 11.8 Å². The van der Waals surface area contributed by atoms with Crippen LogP contribution in [0.15, 0.2) is 0 Å². The molecule has 110 valence electrons. The highest BCUT2D eigenvalue weighted by atomic mass is 16.2. The Labute approximate surface area is 116 Å². The molecule has 4 nitrogen and oxygen atoms in total. The first-order chi connectivity index (χ1) is 8.85. The first-order valence-corrected chi connectivity index (χ1v) is 7.50. The Morgan fingerprint density at radius 3 is 2.16 bits per heavy atom. The van der Waals surface area contributed by atoms with Gasteiger partial charge in [-0.05, 0) is 33.1 Å². The van der Waals surface area contributed by atoms with E-state index in [4.69, 9.17) is 0 Å². The van der Waals surface area contributed by atoms with Crippen molar-refractivity contribution in [2.45, 2.75) is 77.8 Å². The lowest BCUT2D eigenvalue weighted by Crippen LogP contribution is -2.73. The largest absolute Gasteiger partial charge is 0.340 e. The van der Waals surface area contributed by atoms with E-state index in [0.29, 0.717) is 19.4 Å². The van der Waals surface area contributed by atoms with E-state index in [0.717, 1.165) is 19.3 Å². The first kappa shape index (κ1) is 16.0. The van der Waals surface area contributed by atoms with Crippen LogP contribution in [0.2, 0.25) is 0 Å². The summed E-state index contributed by atoms with van der Waals surface area (Å²) in [7, 11) is 0. The summed E-state index contributed by atoms with van der Waals surface area (Å²) < 4.78 is 0. The number of nitrogens with zero attached hydrogens (tertiary/aromatic N) is 1. The van der Waals surface area contributed by atoms with Crippen molar-refractivity contribution < 1.29 is 9.59 Å². The SMILES string of the molecule is CCCCCN1C(=O)C(C)(CC)NC(=O)C1(C)CC. The Hall–Kier alpha value is -1.06. The van der Waals surface area contributed by atoms with Crippen molar-refractivity contribution in [3.63, 3.8) is 0 Å². The molecule has 0 aromatic rings. The van der Waals surface area contributed by atoms with Gasteiger partial charge in [0, 0.05) is 6.54 Å². The van der Waals surface area contributed by atoms with Gasteiger partial charge in [0.1, 0.15) is 11.1 Å². The van der Waals surface area contributed by atoms with Crippen molar-refractivity contribution >= 4 is 11.8 Å². The van der Waals surface area contributed by atoms with Crippen LogP contribution in [0.5, 0.6) is 0 Å². The van der Waals surface area contributed by atoms with Crippen LogP contribution in [0.4, 0.5) is 0 Å². The van der Waals surface area contributed by atoms with Crippen LogP contribution in [0.3, 0.4) is 0 Å². The quantitative estimate of drug-likeness (QED) is 0.752. The molecule has 0 aromatic heterocycles. The smallest absolute Gasteiger partial charge is 0.248 e. The lowest BCUT2D eigenvalue weighted by Gasteiger charge is -2.50. The zero-order valence-corrected chi connectivity index (χ0v) is 13.0. The second kappa shape index (κ2) is 5.93. The first-order valence-electron chi connectivity index (χ1n) is 7.50. The molecule has 0 bridgehead atoms. The molecule has 1 fully saturated rings. The number of amides is 2. The summed E-state index contributed by atoms with van der Waals surface area (Å²) in [5.74, 6) is 0.0468. The molecular weight excluding hydrogens is 240 g/mol. The van der Waals surface area contributed by atoms with E-state index in [1.54, 1.807) is 0 Å². The van der Waals surface area contributed by atoms with Crippen molar-refractivity contribution in [3.8, 4) is 0 Å². The number of rotatable bonds is 6. The molecule has 0 saturated carbocycles. The van der Waals surface area contributed by atoms with Gasteiger partial charge in [-0.15, -0.1) is 0 Å². The van der Waals surface area contributed by atoms with Crippen LogP contribution in [-0.2, 0) is 9.59 Å². The molecule has 1 N–H and O–H groups in total. The minimum absolute atomic E-state index is 0.0181. The average Bonchev–Trinajstić information content (AvgIpc) is 2.40. The van der Waals surface area contributed by atoms with E-state index < -0.39 is 11.1 Å². The van der Waals surface area contributed by atoms with Crippen LogP contribution in [0, 0.1) is 0 Å². The maximum Gasteiger partial charge on any atom is 0.248 e. The van der Waals surface area contributed by atoms with E-state index in [1.165, 1.54) is 0 Å². The zero-order valence-electron chi connectivity index (χ0n) is 13.0. The van der Waals surface area contributed by atoms with E-state index >= 15 is 0 Å². The monoisotopic (exact) mass is 268 g/mol. The van der Waals surface area contributed by atoms with Gasteiger partial charge in [0.25, 0.3) is 0 Å². The number of unbranched alkanes of at least 4 members (excludes halogenated alkanes) is 2. The highest BCUT2D eigenvalue weighted by molar-refractivity contribution is 6.01. The predicted molar refractivity (Wildman–Crippen MR) is 76.8 cm³/mol. The van der Waals surface area contributed by atoms with E-state index in [2.05, 4.69) is 12.2 Å². The van der Waals surface area contributed by atoms with Gasteiger partial charge in [0.05, 0.1) is 0 Å². The Bertz CT molecular complexity index is 356. The van der Waals surface area contributed by atoms with Crippen molar-refractivity contribution in [1.82, 2.24) is 10.2 Å². The zero-order chi connectivity index (χ0) is 14.7. The third-order valence-electron chi connectivity index (χ3n) is 4.57. The van der Waals surface area contributed by atoms with Crippen LogP contribution >= 0.6 is 0 Å². The average molecular weight is 268 g/mol. The second-order valence-corrected chi connectivity index (χ2v) is 5.93. The van der Waals surface area contributed by atoms with Gasteiger partial charge < -0.3 is 10.2 Å². The third kappa shape index (κ3) is 2.77. The minimum Gasteiger partial charge on any atom is -0.340 e. The summed E-state index contributed by atoms with van der Waals surface area (Å²) in [5, 5.41) is 2.92. The number of hydrogen-bond acceptors (Lipinski definition) is 2. The van der Waals surface area contributed by atoms with Crippen LogP contribution in [0.1, 0.15) is 66.7 Å². The third-order valence-corrected chi connectivity index (χ3v) is 4.57. The summed E-state index contributed by atoms with van der Waals surface area (Å²) in [6.45, 7) is 10.4. The molecule has 0 aliphatic carbocycles.